The lowest BCUT2D eigenvalue weighted by Gasteiger charge is -2.06. The van der Waals surface area contributed by atoms with Crippen molar-refractivity contribution in [2.75, 3.05) is 0 Å². The third kappa shape index (κ3) is 2.87. The zero-order valence-electron chi connectivity index (χ0n) is 11.8. The van der Waals surface area contributed by atoms with Crippen LogP contribution in [-0.4, -0.2) is 20.3 Å². The Morgan fingerprint density at radius 1 is 1.24 bits per heavy atom. The second-order valence-corrected chi connectivity index (χ2v) is 8.17. The van der Waals surface area contributed by atoms with Crippen molar-refractivity contribution in [3.05, 3.63) is 51.7 Å². The predicted octanol–water partition coefficient (Wildman–Crippen LogP) is 2.73. The SMILES string of the molecule is Cc1ccc(CC(C)N=C2NS(=O)(=O)c3ccccc32)s1. The van der Waals surface area contributed by atoms with Crippen molar-refractivity contribution in [3.8, 4) is 0 Å². The van der Waals surface area contributed by atoms with Gasteiger partial charge in [0, 0.05) is 21.7 Å². The maximum absolute atomic E-state index is 12.0. The molecule has 0 fully saturated rings. The lowest BCUT2D eigenvalue weighted by molar-refractivity contribution is 0.595. The Kier molecular flexibility index (Phi) is 3.59. The number of amidine groups is 1. The number of aliphatic imine (C=N–C) groups is 1. The van der Waals surface area contributed by atoms with Gasteiger partial charge in [-0.05, 0) is 38.1 Å². The first kappa shape index (κ1) is 14.3. The zero-order valence-corrected chi connectivity index (χ0v) is 13.5. The fourth-order valence-electron chi connectivity index (χ4n) is 2.38. The van der Waals surface area contributed by atoms with Gasteiger partial charge in [-0.1, -0.05) is 12.1 Å². The second-order valence-electron chi connectivity index (χ2n) is 5.14. The van der Waals surface area contributed by atoms with E-state index >= 15 is 0 Å². The molecule has 3 rings (SSSR count). The summed E-state index contributed by atoms with van der Waals surface area (Å²) in [4.78, 5) is 7.40. The topological polar surface area (TPSA) is 58.5 Å². The van der Waals surface area contributed by atoms with E-state index in [1.807, 2.05) is 13.0 Å². The zero-order chi connectivity index (χ0) is 15.0. The minimum Gasteiger partial charge on any atom is -0.264 e. The van der Waals surface area contributed by atoms with Gasteiger partial charge in [0.15, 0.2) is 0 Å². The van der Waals surface area contributed by atoms with E-state index in [1.54, 1.807) is 29.5 Å². The van der Waals surface area contributed by atoms with Gasteiger partial charge in [0.2, 0.25) is 0 Å². The van der Waals surface area contributed by atoms with E-state index in [-0.39, 0.29) is 6.04 Å². The maximum Gasteiger partial charge on any atom is 0.263 e. The monoisotopic (exact) mass is 320 g/mol. The van der Waals surface area contributed by atoms with Crippen molar-refractivity contribution in [3.63, 3.8) is 0 Å². The average molecular weight is 320 g/mol. The summed E-state index contributed by atoms with van der Waals surface area (Å²) in [5.74, 6) is 0.450. The van der Waals surface area contributed by atoms with Crippen LogP contribution in [0.25, 0.3) is 0 Å². The van der Waals surface area contributed by atoms with Crippen LogP contribution in [0.2, 0.25) is 0 Å². The third-order valence-corrected chi connectivity index (χ3v) is 5.72. The molecule has 1 aliphatic heterocycles. The Labute approximate surface area is 128 Å². The second kappa shape index (κ2) is 5.27. The van der Waals surface area contributed by atoms with E-state index in [1.165, 1.54) is 9.75 Å². The first-order chi connectivity index (χ1) is 9.95. The molecule has 0 saturated carbocycles. The molecule has 1 aliphatic rings. The van der Waals surface area contributed by atoms with Crippen LogP contribution in [0.5, 0.6) is 0 Å². The number of rotatable bonds is 3. The van der Waals surface area contributed by atoms with Crippen LogP contribution in [0, 0.1) is 6.92 Å². The van der Waals surface area contributed by atoms with Crippen LogP contribution >= 0.6 is 11.3 Å². The lowest BCUT2D eigenvalue weighted by Crippen LogP contribution is -2.24. The molecule has 1 aromatic carbocycles. The van der Waals surface area contributed by atoms with Crippen molar-refractivity contribution in [2.24, 2.45) is 4.99 Å². The van der Waals surface area contributed by atoms with Gasteiger partial charge >= 0.3 is 0 Å². The molecule has 1 N–H and O–H groups in total. The van der Waals surface area contributed by atoms with Crippen LogP contribution in [-0.2, 0) is 16.4 Å². The molecule has 0 saturated heterocycles. The molecule has 0 bridgehead atoms. The quantitative estimate of drug-likeness (QED) is 0.945. The van der Waals surface area contributed by atoms with E-state index < -0.39 is 10.0 Å². The summed E-state index contributed by atoms with van der Waals surface area (Å²) in [5.41, 5.74) is 0.659. The van der Waals surface area contributed by atoms with Gasteiger partial charge in [-0.3, -0.25) is 9.71 Å². The Hall–Kier alpha value is -1.66. The molecule has 2 aromatic rings. The molecule has 2 heterocycles. The van der Waals surface area contributed by atoms with Crippen LogP contribution in [0.15, 0.2) is 46.3 Å². The Morgan fingerprint density at radius 2 is 2.00 bits per heavy atom. The number of hydrogen-bond donors (Lipinski definition) is 1. The molecule has 0 aliphatic carbocycles. The molecule has 1 aromatic heterocycles. The normalized spacial score (nSPS) is 19.2. The molecule has 110 valence electrons. The molecular weight excluding hydrogens is 304 g/mol. The summed E-state index contributed by atoms with van der Waals surface area (Å²) in [6.45, 7) is 4.07. The predicted molar refractivity (Wildman–Crippen MR) is 85.5 cm³/mol. The highest BCUT2D eigenvalue weighted by Gasteiger charge is 2.30. The Morgan fingerprint density at radius 3 is 2.71 bits per heavy atom. The fraction of sp³-hybridized carbons (Fsp3) is 0.267. The molecule has 21 heavy (non-hydrogen) atoms. The summed E-state index contributed by atoms with van der Waals surface area (Å²) in [6.07, 6.45) is 0.811. The number of aryl methyl sites for hydroxylation is 1. The van der Waals surface area contributed by atoms with E-state index in [4.69, 9.17) is 0 Å². The lowest BCUT2D eigenvalue weighted by atomic mass is 10.2. The molecule has 6 heteroatoms. The highest BCUT2D eigenvalue weighted by molar-refractivity contribution is 7.90. The number of benzene rings is 1. The summed E-state index contributed by atoms with van der Waals surface area (Å²) in [7, 11) is -3.45. The van der Waals surface area contributed by atoms with Gasteiger partial charge in [0.25, 0.3) is 10.0 Å². The van der Waals surface area contributed by atoms with E-state index in [0.717, 1.165) is 6.42 Å². The van der Waals surface area contributed by atoms with Crippen molar-refractivity contribution >= 4 is 27.2 Å². The molecule has 4 nitrogen and oxygen atoms in total. The average Bonchev–Trinajstić information content (AvgIpc) is 2.93. The van der Waals surface area contributed by atoms with Gasteiger partial charge in [-0.2, -0.15) is 0 Å². The number of nitrogens with one attached hydrogen (secondary N) is 1. The summed E-state index contributed by atoms with van der Waals surface area (Å²) in [6, 6.07) is 11.1. The minimum absolute atomic E-state index is 0.0203. The number of fused-ring (bicyclic) bond motifs is 1. The number of nitrogens with zero attached hydrogens (tertiary/aromatic N) is 1. The van der Waals surface area contributed by atoms with Crippen molar-refractivity contribution in [2.45, 2.75) is 31.2 Å². The summed E-state index contributed by atoms with van der Waals surface area (Å²) < 4.78 is 26.6. The smallest absolute Gasteiger partial charge is 0.263 e. The van der Waals surface area contributed by atoms with Gasteiger partial charge in [0.05, 0.1) is 10.9 Å². The first-order valence-corrected chi connectivity index (χ1v) is 9.01. The Bertz CT molecular complexity index is 807. The Balaban J connectivity index is 1.87. The van der Waals surface area contributed by atoms with Crippen LogP contribution in [0.3, 0.4) is 0 Å². The summed E-state index contributed by atoms with van der Waals surface area (Å²) >= 11 is 1.75. The molecule has 1 atom stereocenters. The number of sulfonamides is 1. The largest absolute Gasteiger partial charge is 0.264 e. The van der Waals surface area contributed by atoms with Crippen LogP contribution < -0.4 is 4.72 Å². The van der Waals surface area contributed by atoms with Gasteiger partial charge in [-0.15, -0.1) is 11.3 Å². The molecular formula is C15H16N2O2S2. The first-order valence-electron chi connectivity index (χ1n) is 6.71. The van der Waals surface area contributed by atoms with Gasteiger partial charge in [0.1, 0.15) is 5.84 Å². The van der Waals surface area contributed by atoms with Crippen molar-refractivity contribution in [1.82, 2.24) is 4.72 Å². The van der Waals surface area contributed by atoms with Gasteiger partial charge in [-0.25, -0.2) is 8.42 Å². The molecule has 0 radical (unpaired) electrons. The van der Waals surface area contributed by atoms with Gasteiger partial charge < -0.3 is 0 Å². The van der Waals surface area contributed by atoms with E-state index in [0.29, 0.717) is 16.3 Å². The summed E-state index contributed by atoms with van der Waals surface area (Å²) in [5, 5.41) is 0. The van der Waals surface area contributed by atoms with Crippen LogP contribution in [0.4, 0.5) is 0 Å². The number of hydrogen-bond acceptors (Lipinski definition) is 4. The number of thiophene rings is 1. The fourth-order valence-corrected chi connectivity index (χ4v) is 4.63. The highest BCUT2D eigenvalue weighted by Crippen LogP contribution is 2.23. The standard InChI is InChI=1S/C15H16N2O2S2/c1-10(9-12-8-7-11(2)20-12)16-15-13-5-3-4-6-14(13)21(18,19)17-15/h3-8,10H,9H2,1-2H3,(H,16,17). The molecule has 0 spiro atoms. The third-order valence-electron chi connectivity index (χ3n) is 3.30. The van der Waals surface area contributed by atoms with E-state index in [2.05, 4.69) is 28.8 Å². The van der Waals surface area contributed by atoms with Crippen LogP contribution in [0.1, 0.15) is 22.2 Å². The van der Waals surface area contributed by atoms with Crippen molar-refractivity contribution in [1.29, 1.82) is 0 Å². The minimum atomic E-state index is -3.45. The maximum atomic E-state index is 12.0. The molecule has 0 amide bonds. The van der Waals surface area contributed by atoms with E-state index in [9.17, 15) is 8.42 Å². The van der Waals surface area contributed by atoms with Crippen molar-refractivity contribution < 1.29 is 8.42 Å². The highest BCUT2D eigenvalue weighted by atomic mass is 32.2. The molecule has 1 unspecified atom stereocenters.